The van der Waals surface area contributed by atoms with Gasteiger partial charge < -0.3 is 4.74 Å². The summed E-state index contributed by atoms with van der Waals surface area (Å²) < 4.78 is 8.41. The third-order valence-corrected chi connectivity index (χ3v) is 5.01. The maximum atomic E-state index is 5.88. The van der Waals surface area contributed by atoms with E-state index in [1.54, 1.807) is 6.20 Å². The fourth-order valence-corrected chi connectivity index (χ4v) is 3.06. The van der Waals surface area contributed by atoms with Gasteiger partial charge in [0.1, 0.15) is 15.6 Å². The van der Waals surface area contributed by atoms with Gasteiger partial charge in [-0.1, -0.05) is 24.7 Å². The predicted molar refractivity (Wildman–Crippen MR) is 84.9 cm³/mol. The molecule has 4 nitrogen and oxygen atoms in total. The molecule has 2 heterocycles. The average Bonchev–Trinajstić information content (AvgIpc) is 2.61. The first-order chi connectivity index (χ1) is 8.58. The minimum atomic E-state index is -0.533. The van der Waals surface area contributed by atoms with E-state index in [9.17, 15) is 0 Å². The summed E-state index contributed by atoms with van der Waals surface area (Å²) in [7, 11) is -0.533. The standard InChI is InChI=1S/C11H15ClIN3OSi/c1-18(2)4-3-17-7-16-9-6-14-10(12)5-8(9)11(13)15-16/h5-6,18H,3-4,7H2,1-2H3. The Bertz CT molecular complexity index is 546. The lowest BCUT2D eigenvalue weighted by Gasteiger charge is -2.06. The van der Waals surface area contributed by atoms with E-state index in [4.69, 9.17) is 16.3 Å². The molecule has 0 aliphatic rings. The number of fused-ring (bicyclic) bond motifs is 1. The molecule has 0 amide bonds. The number of nitrogens with zero attached hydrogens (tertiary/aromatic N) is 3. The third-order valence-electron chi connectivity index (χ3n) is 2.61. The van der Waals surface area contributed by atoms with Crippen LogP contribution in [-0.4, -0.2) is 30.2 Å². The van der Waals surface area contributed by atoms with Crippen molar-refractivity contribution in [2.45, 2.75) is 25.9 Å². The molecule has 0 aliphatic heterocycles. The highest BCUT2D eigenvalue weighted by Gasteiger charge is 2.09. The van der Waals surface area contributed by atoms with Crippen LogP contribution in [0.5, 0.6) is 0 Å². The smallest absolute Gasteiger partial charge is 0.140 e. The van der Waals surface area contributed by atoms with Crippen molar-refractivity contribution in [3.8, 4) is 0 Å². The van der Waals surface area contributed by atoms with Gasteiger partial charge in [-0.05, 0) is 34.7 Å². The third kappa shape index (κ3) is 3.43. The van der Waals surface area contributed by atoms with Crippen LogP contribution in [0.25, 0.3) is 10.9 Å². The maximum absolute atomic E-state index is 5.88. The van der Waals surface area contributed by atoms with Gasteiger partial charge in [-0.2, -0.15) is 5.10 Å². The Hall–Kier alpha value is -0.183. The van der Waals surface area contributed by atoms with Crippen molar-refractivity contribution < 1.29 is 4.74 Å². The van der Waals surface area contributed by atoms with Crippen LogP contribution >= 0.6 is 34.2 Å². The summed E-state index contributed by atoms with van der Waals surface area (Å²) in [5, 5.41) is 5.96. The molecule has 0 aromatic carbocycles. The molecule has 0 fully saturated rings. The highest BCUT2D eigenvalue weighted by Crippen LogP contribution is 2.22. The van der Waals surface area contributed by atoms with Crippen molar-refractivity contribution in [2.75, 3.05) is 6.61 Å². The molecule has 0 spiro atoms. The first-order valence-corrected chi connectivity index (χ1v) is 10.4. The van der Waals surface area contributed by atoms with Gasteiger partial charge in [0.05, 0.1) is 11.7 Å². The van der Waals surface area contributed by atoms with Gasteiger partial charge in [0, 0.05) is 20.8 Å². The molecule has 2 aromatic heterocycles. The van der Waals surface area contributed by atoms with Crippen LogP contribution in [0.4, 0.5) is 0 Å². The van der Waals surface area contributed by atoms with E-state index in [-0.39, 0.29) is 0 Å². The monoisotopic (exact) mass is 395 g/mol. The molecule has 2 rings (SSSR count). The fourth-order valence-electron chi connectivity index (χ4n) is 1.58. The lowest BCUT2D eigenvalue weighted by molar-refractivity contribution is 0.0817. The van der Waals surface area contributed by atoms with Gasteiger partial charge in [-0.15, -0.1) is 0 Å². The molecule has 0 N–H and O–H groups in total. The zero-order valence-electron chi connectivity index (χ0n) is 10.4. The Morgan fingerprint density at radius 1 is 1.50 bits per heavy atom. The first kappa shape index (κ1) is 14.2. The lowest BCUT2D eigenvalue weighted by Crippen LogP contribution is -2.09. The minimum absolute atomic E-state index is 0.476. The number of halogens is 2. The Labute approximate surface area is 126 Å². The van der Waals surface area contributed by atoms with Crippen molar-refractivity contribution >= 4 is 53.9 Å². The Kier molecular flexibility index (Phi) is 4.99. The summed E-state index contributed by atoms with van der Waals surface area (Å²) >= 11 is 8.08. The molecule has 0 radical (unpaired) electrons. The molecule has 0 saturated carbocycles. The predicted octanol–water partition coefficient (Wildman–Crippen LogP) is 3.15. The van der Waals surface area contributed by atoms with Crippen molar-refractivity contribution in [1.29, 1.82) is 0 Å². The molecule has 98 valence electrons. The Morgan fingerprint density at radius 3 is 3.00 bits per heavy atom. The number of rotatable bonds is 5. The molecule has 0 aliphatic carbocycles. The van der Waals surface area contributed by atoms with E-state index in [1.165, 1.54) is 6.04 Å². The van der Waals surface area contributed by atoms with Gasteiger partial charge in [-0.3, -0.25) is 0 Å². The lowest BCUT2D eigenvalue weighted by atomic mass is 10.3. The molecule has 18 heavy (non-hydrogen) atoms. The number of hydrogen-bond acceptors (Lipinski definition) is 3. The van der Waals surface area contributed by atoms with E-state index < -0.39 is 8.80 Å². The van der Waals surface area contributed by atoms with Crippen LogP contribution in [0.3, 0.4) is 0 Å². The molecule has 0 unspecified atom stereocenters. The Balaban J connectivity index is 2.09. The summed E-state index contributed by atoms with van der Waals surface area (Å²) in [5.41, 5.74) is 0.964. The second kappa shape index (κ2) is 6.31. The second-order valence-corrected chi connectivity index (χ2v) is 9.31. The van der Waals surface area contributed by atoms with Crippen LogP contribution in [0.1, 0.15) is 0 Å². The summed E-state index contributed by atoms with van der Waals surface area (Å²) in [4.78, 5) is 4.09. The Morgan fingerprint density at radius 2 is 2.28 bits per heavy atom. The van der Waals surface area contributed by atoms with Crippen LogP contribution in [0.2, 0.25) is 24.3 Å². The summed E-state index contributed by atoms with van der Waals surface area (Å²) in [6.45, 7) is 5.93. The van der Waals surface area contributed by atoms with E-state index in [1.807, 2.05) is 10.7 Å². The molecule has 7 heteroatoms. The van der Waals surface area contributed by atoms with Crippen molar-refractivity contribution in [2.24, 2.45) is 0 Å². The van der Waals surface area contributed by atoms with E-state index >= 15 is 0 Å². The molecule has 2 aromatic rings. The van der Waals surface area contributed by atoms with Gasteiger partial charge in [0.25, 0.3) is 0 Å². The highest BCUT2D eigenvalue weighted by molar-refractivity contribution is 14.1. The van der Waals surface area contributed by atoms with E-state index in [0.717, 1.165) is 21.2 Å². The quantitative estimate of drug-likeness (QED) is 0.338. The van der Waals surface area contributed by atoms with Crippen LogP contribution < -0.4 is 0 Å². The van der Waals surface area contributed by atoms with E-state index in [0.29, 0.717) is 11.9 Å². The second-order valence-electron chi connectivity index (χ2n) is 4.53. The van der Waals surface area contributed by atoms with Crippen LogP contribution in [0.15, 0.2) is 12.3 Å². The number of ether oxygens (including phenoxy) is 1. The zero-order chi connectivity index (χ0) is 13.1. The summed E-state index contributed by atoms with van der Waals surface area (Å²) in [6.07, 6.45) is 1.74. The molecular weight excluding hydrogens is 381 g/mol. The normalized spacial score (nSPS) is 11.6. The van der Waals surface area contributed by atoms with Gasteiger partial charge >= 0.3 is 0 Å². The summed E-state index contributed by atoms with van der Waals surface area (Å²) in [6, 6.07) is 3.03. The van der Waals surface area contributed by atoms with Crippen molar-refractivity contribution in [3.05, 3.63) is 21.1 Å². The molecule has 0 saturated heterocycles. The van der Waals surface area contributed by atoms with Gasteiger partial charge in [0.2, 0.25) is 0 Å². The van der Waals surface area contributed by atoms with Crippen molar-refractivity contribution in [1.82, 2.24) is 14.8 Å². The summed E-state index contributed by atoms with van der Waals surface area (Å²) in [5.74, 6) is 0. The van der Waals surface area contributed by atoms with E-state index in [2.05, 4.69) is 45.8 Å². The van der Waals surface area contributed by atoms with Crippen molar-refractivity contribution in [3.63, 3.8) is 0 Å². The average molecular weight is 396 g/mol. The van der Waals surface area contributed by atoms with Gasteiger partial charge in [0.15, 0.2) is 0 Å². The largest absolute Gasteiger partial charge is 0.360 e. The minimum Gasteiger partial charge on any atom is -0.360 e. The zero-order valence-corrected chi connectivity index (χ0v) is 14.4. The highest BCUT2D eigenvalue weighted by atomic mass is 127. The SMILES string of the molecule is C[SiH](C)CCOCn1nc(I)c2cc(Cl)ncc21. The topological polar surface area (TPSA) is 39.9 Å². The number of pyridine rings is 1. The number of hydrogen-bond donors (Lipinski definition) is 0. The molecular formula is C11H15ClIN3OSi. The maximum Gasteiger partial charge on any atom is 0.140 e. The molecule has 0 bridgehead atoms. The first-order valence-electron chi connectivity index (χ1n) is 5.83. The van der Waals surface area contributed by atoms with Crippen LogP contribution in [0, 0.1) is 3.70 Å². The van der Waals surface area contributed by atoms with Gasteiger partial charge in [-0.25, -0.2) is 9.67 Å². The number of aromatic nitrogens is 3. The fraction of sp³-hybridized carbons (Fsp3) is 0.455. The molecule has 0 atom stereocenters. The van der Waals surface area contributed by atoms with Crippen LogP contribution in [-0.2, 0) is 11.5 Å².